The second-order valence-electron chi connectivity index (χ2n) is 12.7. The molecule has 0 amide bonds. The molecule has 0 saturated carbocycles. The Kier molecular flexibility index (Phi) is 30.3. The number of nitrogens with one attached hydrogen (secondary N) is 1. The molecule has 0 spiro atoms. The molecule has 1 nitrogen and oxygen atoms in total. The summed E-state index contributed by atoms with van der Waals surface area (Å²) in [6, 6.07) is 0.709. The summed E-state index contributed by atoms with van der Waals surface area (Å²) in [6.07, 6.45) is 22.9. The minimum absolute atomic E-state index is 0.351. The zero-order chi connectivity index (χ0) is 34.8. The van der Waals surface area contributed by atoms with Crippen LogP contribution in [0.3, 0.4) is 0 Å². The van der Waals surface area contributed by atoms with Crippen molar-refractivity contribution in [1.82, 2.24) is 5.32 Å². The maximum Gasteiger partial charge on any atom is 0.0299 e. The van der Waals surface area contributed by atoms with Crippen LogP contribution in [0.25, 0.3) is 0 Å². The van der Waals surface area contributed by atoms with Crippen LogP contribution in [0.1, 0.15) is 149 Å². The van der Waals surface area contributed by atoms with Crippen LogP contribution in [-0.4, -0.2) is 12.1 Å². The third-order valence-corrected chi connectivity index (χ3v) is 8.66. The van der Waals surface area contributed by atoms with Gasteiger partial charge < -0.3 is 5.32 Å². The highest BCUT2D eigenvalue weighted by atomic mass is 14.9. The van der Waals surface area contributed by atoms with Gasteiger partial charge in [-0.25, -0.2) is 0 Å². The molecule has 0 aromatic rings. The largest absolute Gasteiger partial charge is 0.304 e. The van der Waals surface area contributed by atoms with E-state index in [0.29, 0.717) is 29.8 Å². The van der Waals surface area contributed by atoms with Gasteiger partial charge in [-0.15, -0.1) is 6.58 Å². The van der Waals surface area contributed by atoms with Crippen molar-refractivity contribution in [2.24, 2.45) is 29.6 Å². The Morgan fingerprint density at radius 2 is 1.55 bits per heavy atom. The summed E-state index contributed by atoms with van der Waals surface area (Å²) in [5, 5.41) is 3.83. The smallest absolute Gasteiger partial charge is 0.0299 e. The van der Waals surface area contributed by atoms with Gasteiger partial charge in [-0.3, -0.25) is 0 Å². The molecule has 0 fully saturated rings. The summed E-state index contributed by atoms with van der Waals surface area (Å²) in [5.74, 6) is 3.55. The lowest BCUT2D eigenvalue weighted by Gasteiger charge is -2.29. The molecule has 6 unspecified atom stereocenters. The van der Waals surface area contributed by atoms with Gasteiger partial charge in [-0.05, 0) is 85.8 Å². The van der Waals surface area contributed by atoms with Crippen molar-refractivity contribution in [3.05, 3.63) is 83.6 Å². The second kappa shape index (κ2) is 28.6. The molecule has 1 N–H and O–H groups in total. The molecule has 0 saturated heterocycles. The molecule has 2 rings (SSSR count). The normalized spacial score (nSPS) is 21.1. The summed E-state index contributed by atoms with van der Waals surface area (Å²) in [6.45, 7) is 43.3. The first-order valence-corrected chi connectivity index (χ1v) is 18.4. The Bertz CT molecular complexity index is 890. The third kappa shape index (κ3) is 20.2. The highest BCUT2D eigenvalue weighted by molar-refractivity contribution is 5.43. The van der Waals surface area contributed by atoms with Crippen molar-refractivity contribution in [1.29, 1.82) is 0 Å². The SMILES string of the molecule is C=CC(C)CC(=CCC(=C)C1=CC(NC(C)C2=CC(C)C(C)C(C)=C2)CC=C1)CC.CC.CC.CCC.CCC(C)C(C)C. The average molecular weight is 610 g/mol. The van der Waals surface area contributed by atoms with Crippen LogP contribution in [0.2, 0.25) is 0 Å². The quantitative estimate of drug-likeness (QED) is 0.217. The van der Waals surface area contributed by atoms with Crippen LogP contribution in [0.15, 0.2) is 83.6 Å². The summed E-state index contributed by atoms with van der Waals surface area (Å²) in [7, 11) is 0. The summed E-state index contributed by atoms with van der Waals surface area (Å²) >= 11 is 0. The molecular formula is C43H79N. The van der Waals surface area contributed by atoms with Gasteiger partial charge in [-0.1, -0.05) is 170 Å². The van der Waals surface area contributed by atoms with Crippen molar-refractivity contribution in [2.75, 3.05) is 0 Å². The Balaban J connectivity index is -0.00000101. The number of hydrogen-bond donors (Lipinski definition) is 1. The van der Waals surface area contributed by atoms with Gasteiger partial charge in [-0.2, -0.15) is 0 Å². The van der Waals surface area contributed by atoms with Crippen LogP contribution in [0.5, 0.6) is 0 Å². The maximum absolute atomic E-state index is 4.38. The number of hydrogen-bond acceptors (Lipinski definition) is 1. The Hall–Kier alpha value is -1.86. The standard InChI is InChI=1S/C29H43N.C7H16.C3H8.2C2H6/c1-9-20(3)16-26(10-2)15-14-21(4)27-12-11-13-29(19-27)30-25(8)28-17-22(5)24(7)23(6)18-28;1-5-7(4)6(2)3;1-3-2;2*1-2/h9,11-12,15,17-20,22,24-25,29-30H,1,4,10,13-14,16H2,2-3,5-8H3;6-7H,5H2,1-4H3;3H2,1-2H3;2*1-2H3. The van der Waals surface area contributed by atoms with E-state index in [1.807, 2.05) is 33.8 Å². The highest BCUT2D eigenvalue weighted by Gasteiger charge is 2.21. The van der Waals surface area contributed by atoms with E-state index in [-0.39, 0.29) is 0 Å². The molecule has 6 atom stereocenters. The summed E-state index contributed by atoms with van der Waals surface area (Å²) in [4.78, 5) is 0. The molecule has 2 aliphatic rings. The predicted molar refractivity (Wildman–Crippen MR) is 207 cm³/mol. The average Bonchev–Trinajstić information content (AvgIpc) is 3.03. The van der Waals surface area contributed by atoms with E-state index >= 15 is 0 Å². The fourth-order valence-electron chi connectivity index (χ4n) is 4.75. The molecule has 2 aliphatic carbocycles. The first-order valence-electron chi connectivity index (χ1n) is 18.4. The van der Waals surface area contributed by atoms with Crippen molar-refractivity contribution < 1.29 is 0 Å². The van der Waals surface area contributed by atoms with E-state index in [1.54, 1.807) is 0 Å². The predicted octanol–water partition coefficient (Wildman–Crippen LogP) is 14.0. The molecule has 256 valence electrons. The minimum atomic E-state index is 0.351. The lowest BCUT2D eigenvalue weighted by atomic mass is 9.81. The molecular weight excluding hydrogens is 530 g/mol. The van der Waals surface area contributed by atoms with E-state index < -0.39 is 0 Å². The highest BCUT2D eigenvalue weighted by Crippen LogP contribution is 2.30. The van der Waals surface area contributed by atoms with Gasteiger partial charge in [0.1, 0.15) is 0 Å². The molecule has 1 heteroatoms. The zero-order valence-electron chi connectivity index (χ0n) is 32.7. The molecule has 0 aromatic carbocycles. The number of rotatable bonds is 12. The summed E-state index contributed by atoms with van der Waals surface area (Å²) in [5.41, 5.74) is 6.90. The maximum atomic E-state index is 4.38. The molecule has 0 radical (unpaired) electrons. The fraction of sp³-hybridized carbons (Fsp3) is 0.674. The van der Waals surface area contributed by atoms with Crippen LogP contribution in [-0.2, 0) is 0 Å². The van der Waals surface area contributed by atoms with Gasteiger partial charge >= 0.3 is 0 Å². The summed E-state index contributed by atoms with van der Waals surface area (Å²) < 4.78 is 0. The van der Waals surface area contributed by atoms with Crippen LogP contribution < -0.4 is 5.32 Å². The third-order valence-electron chi connectivity index (χ3n) is 8.66. The van der Waals surface area contributed by atoms with Gasteiger partial charge in [0.15, 0.2) is 0 Å². The minimum Gasteiger partial charge on any atom is -0.304 e. The van der Waals surface area contributed by atoms with Crippen LogP contribution in [0, 0.1) is 29.6 Å². The van der Waals surface area contributed by atoms with E-state index in [1.165, 1.54) is 40.7 Å². The lowest BCUT2D eigenvalue weighted by molar-refractivity contribution is 0.407. The second-order valence-corrected chi connectivity index (χ2v) is 12.7. The first kappa shape index (κ1) is 46.6. The van der Waals surface area contributed by atoms with E-state index in [0.717, 1.165) is 37.5 Å². The monoisotopic (exact) mass is 610 g/mol. The van der Waals surface area contributed by atoms with Gasteiger partial charge in [0.25, 0.3) is 0 Å². The Labute approximate surface area is 279 Å². The Morgan fingerprint density at radius 1 is 0.977 bits per heavy atom. The van der Waals surface area contributed by atoms with E-state index in [2.05, 4.69) is 138 Å². The van der Waals surface area contributed by atoms with E-state index in [9.17, 15) is 0 Å². The van der Waals surface area contributed by atoms with Crippen molar-refractivity contribution in [3.63, 3.8) is 0 Å². The lowest BCUT2D eigenvalue weighted by Crippen LogP contribution is -2.37. The zero-order valence-corrected chi connectivity index (χ0v) is 32.7. The van der Waals surface area contributed by atoms with Crippen LogP contribution in [0.4, 0.5) is 0 Å². The van der Waals surface area contributed by atoms with Crippen molar-refractivity contribution in [3.8, 4) is 0 Å². The molecule has 0 heterocycles. The molecule has 44 heavy (non-hydrogen) atoms. The van der Waals surface area contributed by atoms with Crippen molar-refractivity contribution in [2.45, 2.75) is 161 Å². The fourth-order valence-corrected chi connectivity index (χ4v) is 4.75. The van der Waals surface area contributed by atoms with E-state index in [4.69, 9.17) is 0 Å². The van der Waals surface area contributed by atoms with Crippen LogP contribution >= 0.6 is 0 Å². The number of allylic oxidation sites excluding steroid dienone is 8. The van der Waals surface area contributed by atoms with Gasteiger partial charge in [0.05, 0.1) is 0 Å². The van der Waals surface area contributed by atoms with Crippen molar-refractivity contribution >= 4 is 0 Å². The first-order chi connectivity index (χ1) is 20.8. The van der Waals surface area contributed by atoms with Gasteiger partial charge in [0.2, 0.25) is 0 Å². The Morgan fingerprint density at radius 3 is 1.98 bits per heavy atom. The molecule has 0 aromatic heterocycles. The molecule has 0 bridgehead atoms. The topological polar surface area (TPSA) is 12.0 Å². The van der Waals surface area contributed by atoms with Gasteiger partial charge in [0, 0.05) is 12.1 Å². The molecule has 0 aliphatic heterocycles.